The summed E-state index contributed by atoms with van der Waals surface area (Å²) in [5, 5.41) is 13.8. The molecular formula is C16H6N4S3. The van der Waals surface area contributed by atoms with Gasteiger partial charge in [0, 0.05) is 15.6 Å². The Balaban J connectivity index is 1.80. The maximum absolute atomic E-state index is 9.17. The van der Waals surface area contributed by atoms with Gasteiger partial charge in [-0.1, -0.05) is 0 Å². The second-order valence-corrected chi connectivity index (χ2v) is 7.61. The van der Waals surface area contributed by atoms with Gasteiger partial charge in [0.25, 0.3) is 0 Å². The number of pyridine rings is 1. The van der Waals surface area contributed by atoms with Crippen molar-refractivity contribution >= 4 is 65.6 Å². The van der Waals surface area contributed by atoms with E-state index in [1.807, 2.05) is 0 Å². The Morgan fingerprint density at radius 2 is 1.87 bits per heavy atom. The van der Waals surface area contributed by atoms with Crippen LogP contribution in [0, 0.1) is 11.3 Å². The smallest absolute Gasteiger partial charge is 0.133 e. The van der Waals surface area contributed by atoms with Gasteiger partial charge in [-0.2, -0.15) is 14.0 Å². The molecule has 0 saturated heterocycles. The Bertz CT molecular complexity index is 1190. The maximum atomic E-state index is 9.17. The summed E-state index contributed by atoms with van der Waals surface area (Å²) >= 11 is 4.56. The third-order valence-electron chi connectivity index (χ3n) is 3.74. The van der Waals surface area contributed by atoms with Crippen molar-refractivity contribution in [1.82, 2.24) is 13.7 Å². The number of thiophene rings is 2. The van der Waals surface area contributed by atoms with Gasteiger partial charge < -0.3 is 0 Å². The number of nitrogens with zero attached hydrogens (tertiary/aromatic N) is 4. The molecule has 0 unspecified atom stereocenters. The molecule has 23 heavy (non-hydrogen) atoms. The normalized spacial score (nSPS) is 11.4. The monoisotopic (exact) mass is 350 g/mol. The fourth-order valence-corrected chi connectivity index (χ4v) is 5.12. The van der Waals surface area contributed by atoms with E-state index >= 15 is 0 Å². The van der Waals surface area contributed by atoms with Crippen LogP contribution in [0.15, 0.2) is 35.8 Å². The van der Waals surface area contributed by atoms with Crippen molar-refractivity contribution in [3.8, 4) is 16.6 Å². The van der Waals surface area contributed by atoms with Crippen molar-refractivity contribution < 1.29 is 0 Å². The van der Waals surface area contributed by atoms with Gasteiger partial charge in [-0.05, 0) is 40.4 Å². The molecule has 0 aliphatic carbocycles. The van der Waals surface area contributed by atoms with Crippen LogP contribution in [0.25, 0.3) is 41.8 Å². The molecule has 4 aromatic heterocycles. The third kappa shape index (κ3) is 1.90. The Hall–Kier alpha value is -2.40. The van der Waals surface area contributed by atoms with Crippen LogP contribution in [-0.2, 0) is 0 Å². The predicted molar refractivity (Wildman–Crippen MR) is 96.1 cm³/mol. The number of benzene rings is 1. The first-order valence-corrected chi connectivity index (χ1v) is 9.19. The lowest BCUT2D eigenvalue weighted by atomic mass is 10.1. The third-order valence-corrected chi connectivity index (χ3v) is 6.25. The molecule has 5 rings (SSSR count). The van der Waals surface area contributed by atoms with E-state index in [2.05, 4.69) is 49.4 Å². The average molecular weight is 350 g/mol. The molecule has 1 aromatic carbocycles. The van der Waals surface area contributed by atoms with Gasteiger partial charge in [0.2, 0.25) is 0 Å². The molecule has 0 radical (unpaired) electrons. The molecule has 0 amide bonds. The van der Waals surface area contributed by atoms with Gasteiger partial charge in [-0.25, -0.2) is 0 Å². The number of hydrogen-bond acceptors (Lipinski definition) is 7. The average Bonchev–Trinajstić information content (AvgIpc) is 3.29. The number of rotatable bonds is 1. The zero-order valence-corrected chi connectivity index (χ0v) is 13.9. The van der Waals surface area contributed by atoms with E-state index in [-0.39, 0.29) is 0 Å². The Labute approximate surface area is 142 Å². The van der Waals surface area contributed by atoms with Gasteiger partial charge in [0.15, 0.2) is 0 Å². The minimum absolute atomic E-state index is 0.471. The molecule has 0 fully saturated rings. The van der Waals surface area contributed by atoms with Gasteiger partial charge in [0.05, 0.1) is 22.2 Å². The second kappa shape index (κ2) is 4.80. The topological polar surface area (TPSA) is 62.5 Å². The molecule has 7 heteroatoms. The summed E-state index contributed by atoms with van der Waals surface area (Å²) in [6.45, 7) is 0. The summed E-state index contributed by atoms with van der Waals surface area (Å²) in [5.41, 5.74) is 2.62. The minimum atomic E-state index is 0.471. The zero-order valence-electron chi connectivity index (χ0n) is 11.5. The van der Waals surface area contributed by atoms with Crippen molar-refractivity contribution in [1.29, 1.82) is 5.26 Å². The van der Waals surface area contributed by atoms with Crippen molar-refractivity contribution in [3.63, 3.8) is 0 Å². The minimum Gasteiger partial charge on any atom is -0.252 e. The van der Waals surface area contributed by atoms with Crippen LogP contribution in [0.4, 0.5) is 0 Å². The summed E-state index contributed by atoms with van der Waals surface area (Å²) < 4.78 is 11.1. The molecule has 5 aromatic rings. The fraction of sp³-hybridized carbons (Fsp3) is 0. The Morgan fingerprint density at radius 3 is 2.78 bits per heavy atom. The molecule has 0 atom stereocenters. The summed E-state index contributed by atoms with van der Waals surface area (Å²) in [7, 11) is 0. The van der Waals surface area contributed by atoms with Gasteiger partial charge in [-0.3, -0.25) is 4.98 Å². The largest absolute Gasteiger partial charge is 0.252 e. The van der Waals surface area contributed by atoms with Crippen LogP contribution in [0.3, 0.4) is 0 Å². The first-order valence-electron chi connectivity index (χ1n) is 6.76. The van der Waals surface area contributed by atoms with Gasteiger partial charge in [-0.15, -0.1) is 22.7 Å². The van der Waals surface area contributed by atoms with Crippen molar-refractivity contribution in [2.24, 2.45) is 0 Å². The van der Waals surface area contributed by atoms with E-state index in [0.29, 0.717) is 16.6 Å². The Kier molecular flexibility index (Phi) is 2.73. The molecule has 0 N–H and O–H groups in total. The van der Waals surface area contributed by atoms with Crippen molar-refractivity contribution in [3.05, 3.63) is 41.4 Å². The summed E-state index contributed by atoms with van der Waals surface area (Å²) in [5.74, 6) is 0. The highest BCUT2D eigenvalue weighted by Crippen LogP contribution is 2.38. The molecule has 4 nitrogen and oxygen atoms in total. The zero-order chi connectivity index (χ0) is 15.4. The highest BCUT2D eigenvalue weighted by Gasteiger charge is 2.15. The molecule has 0 aliphatic heterocycles. The molecule has 4 heterocycles. The first-order chi connectivity index (χ1) is 11.3. The maximum Gasteiger partial charge on any atom is 0.133 e. The lowest BCUT2D eigenvalue weighted by molar-refractivity contribution is 1.33. The predicted octanol–water partition coefficient (Wildman–Crippen LogP) is 5.05. The lowest BCUT2D eigenvalue weighted by Crippen LogP contribution is -1.87. The van der Waals surface area contributed by atoms with E-state index < -0.39 is 0 Å². The van der Waals surface area contributed by atoms with Gasteiger partial charge in [0.1, 0.15) is 22.8 Å². The number of aromatic nitrogens is 3. The van der Waals surface area contributed by atoms with Crippen LogP contribution < -0.4 is 0 Å². The van der Waals surface area contributed by atoms with E-state index in [1.165, 1.54) is 20.2 Å². The second-order valence-electron chi connectivity index (χ2n) is 5.05. The van der Waals surface area contributed by atoms with E-state index in [9.17, 15) is 0 Å². The molecule has 0 spiro atoms. The highest BCUT2D eigenvalue weighted by atomic mass is 32.1. The molecule has 0 saturated carbocycles. The van der Waals surface area contributed by atoms with Crippen LogP contribution >= 0.6 is 34.4 Å². The fourth-order valence-electron chi connectivity index (χ4n) is 2.65. The number of hydrogen-bond donors (Lipinski definition) is 0. The van der Waals surface area contributed by atoms with Crippen LogP contribution in [0.5, 0.6) is 0 Å². The molecule has 108 valence electrons. The van der Waals surface area contributed by atoms with Crippen LogP contribution in [0.1, 0.15) is 5.56 Å². The quantitative estimate of drug-likeness (QED) is 0.424. The van der Waals surface area contributed by atoms with Crippen molar-refractivity contribution in [2.45, 2.75) is 0 Å². The van der Waals surface area contributed by atoms with E-state index in [0.717, 1.165) is 22.3 Å². The van der Waals surface area contributed by atoms with E-state index in [1.54, 1.807) is 28.9 Å². The standard InChI is InChI=1S/C16H6N4S3/c17-6-10-7-18-15(16-14(10)19-23-20-16)13-5-9-4-11-8(1-2-21-11)3-12(9)22-13/h1-5,7H. The lowest BCUT2D eigenvalue weighted by Gasteiger charge is -1.97. The summed E-state index contributed by atoms with van der Waals surface area (Å²) in [6.07, 6.45) is 1.59. The SMILES string of the molecule is N#Cc1cnc(-c2cc3cc4sccc4cc3s2)c2nsnc12. The number of nitriles is 1. The van der Waals surface area contributed by atoms with Crippen LogP contribution in [-0.4, -0.2) is 13.7 Å². The molecule has 0 bridgehead atoms. The molecule has 0 aliphatic rings. The first kappa shape index (κ1) is 13.1. The highest BCUT2D eigenvalue weighted by molar-refractivity contribution is 7.22. The molecular weight excluding hydrogens is 344 g/mol. The summed E-state index contributed by atoms with van der Waals surface area (Å²) in [6, 6.07) is 10.8. The summed E-state index contributed by atoms with van der Waals surface area (Å²) in [4.78, 5) is 5.52. The van der Waals surface area contributed by atoms with E-state index in [4.69, 9.17) is 5.26 Å². The number of fused-ring (bicyclic) bond motifs is 3. The van der Waals surface area contributed by atoms with Gasteiger partial charge >= 0.3 is 0 Å². The van der Waals surface area contributed by atoms with Crippen LogP contribution in [0.2, 0.25) is 0 Å². The Morgan fingerprint density at radius 1 is 1.00 bits per heavy atom. The van der Waals surface area contributed by atoms with Crippen molar-refractivity contribution in [2.75, 3.05) is 0 Å².